The number of hydrogen-bond donors (Lipinski definition) is 3. The van der Waals surface area contributed by atoms with Crippen molar-refractivity contribution in [3.63, 3.8) is 0 Å². The first-order valence-electron chi connectivity index (χ1n) is 14.8. The van der Waals surface area contributed by atoms with E-state index in [4.69, 9.17) is 21.4 Å². The lowest BCUT2D eigenvalue weighted by atomic mass is 9.94. The van der Waals surface area contributed by atoms with Gasteiger partial charge in [0.2, 0.25) is 0 Å². The van der Waals surface area contributed by atoms with Crippen LogP contribution in [0.4, 0.5) is 5.69 Å². The second-order valence-electron chi connectivity index (χ2n) is 10.7. The average molecular weight is 614 g/mol. The molecule has 0 amide bonds. The summed E-state index contributed by atoms with van der Waals surface area (Å²) < 4.78 is 5.34. The van der Waals surface area contributed by atoms with E-state index >= 15 is 0 Å². The molecule has 4 aromatic carbocycles. The van der Waals surface area contributed by atoms with Gasteiger partial charge in [-0.2, -0.15) is 0 Å². The number of benzene rings is 4. The van der Waals surface area contributed by atoms with Gasteiger partial charge in [-0.15, -0.1) is 0 Å². The highest BCUT2D eigenvalue weighted by Gasteiger charge is 2.16. The lowest BCUT2D eigenvalue weighted by Crippen LogP contribution is -2.27. The molecular weight excluding hydrogens is 574 g/mol. The van der Waals surface area contributed by atoms with Gasteiger partial charge in [0, 0.05) is 34.8 Å². The van der Waals surface area contributed by atoms with Crippen molar-refractivity contribution in [3.05, 3.63) is 107 Å². The fourth-order valence-electron chi connectivity index (χ4n) is 5.27. The number of phenols is 1. The van der Waals surface area contributed by atoms with E-state index in [2.05, 4.69) is 66.3 Å². The van der Waals surface area contributed by atoms with Gasteiger partial charge in [-0.1, -0.05) is 61.8 Å². The van der Waals surface area contributed by atoms with Crippen LogP contribution in [0.1, 0.15) is 47.7 Å². The molecule has 1 unspecified atom stereocenters. The SMILES string of the molecule is CCN(CC)CCC(CNc1c(C)cnc2cc(Cl)ccc12)c1ccc(OC)cc1.O=C(O)c1cc2ccccc2cc1O. The highest BCUT2D eigenvalue weighted by Crippen LogP contribution is 2.30. The molecule has 1 atom stereocenters. The number of pyridine rings is 1. The molecule has 0 radical (unpaired) electrons. The second kappa shape index (κ2) is 15.4. The number of carbonyl (C=O) groups is 1. The van der Waals surface area contributed by atoms with Gasteiger partial charge in [-0.05, 0) is 97.3 Å². The Morgan fingerprint density at radius 1 is 1.00 bits per heavy atom. The van der Waals surface area contributed by atoms with Crippen molar-refractivity contribution in [1.29, 1.82) is 0 Å². The predicted molar refractivity (Wildman–Crippen MR) is 181 cm³/mol. The molecule has 1 aromatic heterocycles. The van der Waals surface area contributed by atoms with Gasteiger partial charge in [0.05, 0.1) is 12.6 Å². The zero-order valence-corrected chi connectivity index (χ0v) is 26.4. The zero-order chi connectivity index (χ0) is 31.6. The Bertz CT molecular complexity index is 1700. The number of carboxylic acids is 1. The van der Waals surface area contributed by atoms with Crippen molar-refractivity contribution < 1.29 is 19.7 Å². The molecule has 8 heteroatoms. The maximum absolute atomic E-state index is 10.7. The lowest BCUT2D eigenvalue weighted by molar-refractivity contribution is 0.0694. The first-order chi connectivity index (χ1) is 21.2. The van der Waals surface area contributed by atoms with Crippen LogP contribution in [0.2, 0.25) is 5.02 Å². The van der Waals surface area contributed by atoms with E-state index in [0.717, 1.165) is 71.3 Å². The summed E-state index contributed by atoms with van der Waals surface area (Å²) in [4.78, 5) is 17.7. The standard InChI is InChI=1S/C25H32ClN3O.C11H8O3/c1-5-29(6-2)14-13-20(19-7-10-22(30-4)11-8-19)17-28-25-18(3)16-27-24-15-21(26)9-12-23(24)25;12-10-6-8-4-2-1-3-7(8)5-9(10)11(13)14/h7-12,15-16,20H,5-6,13-14,17H2,1-4H3,(H,27,28);1-6,12H,(H,13,14). The topological polar surface area (TPSA) is 94.9 Å². The van der Waals surface area contributed by atoms with E-state index in [1.165, 1.54) is 17.7 Å². The monoisotopic (exact) mass is 613 g/mol. The van der Waals surface area contributed by atoms with Crippen LogP contribution in [0.25, 0.3) is 21.7 Å². The number of aromatic nitrogens is 1. The number of rotatable bonds is 11. The van der Waals surface area contributed by atoms with Crippen LogP contribution in [-0.4, -0.2) is 59.4 Å². The Kier molecular flexibility index (Phi) is 11.4. The van der Waals surface area contributed by atoms with Crippen molar-refractivity contribution in [2.45, 2.75) is 33.1 Å². The number of aryl methyl sites for hydroxylation is 1. The maximum atomic E-state index is 10.7. The first-order valence-corrected chi connectivity index (χ1v) is 15.2. The summed E-state index contributed by atoms with van der Waals surface area (Å²) in [7, 11) is 1.71. The summed E-state index contributed by atoms with van der Waals surface area (Å²) >= 11 is 6.17. The van der Waals surface area contributed by atoms with Crippen molar-refractivity contribution in [2.24, 2.45) is 0 Å². The van der Waals surface area contributed by atoms with Gasteiger partial charge >= 0.3 is 5.97 Å². The number of ether oxygens (including phenoxy) is 1. The van der Waals surface area contributed by atoms with Crippen LogP contribution in [0.3, 0.4) is 0 Å². The fourth-order valence-corrected chi connectivity index (χ4v) is 5.43. The van der Waals surface area contributed by atoms with Crippen molar-refractivity contribution >= 4 is 44.9 Å². The van der Waals surface area contributed by atoms with Gasteiger partial charge in [-0.3, -0.25) is 4.98 Å². The van der Waals surface area contributed by atoms with Gasteiger partial charge in [0.25, 0.3) is 0 Å². The maximum Gasteiger partial charge on any atom is 0.339 e. The van der Waals surface area contributed by atoms with E-state index in [1.54, 1.807) is 13.2 Å². The molecule has 0 spiro atoms. The molecule has 3 N–H and O–H groups in total. The molecule has 0 fully saturated rings. The number of aromatic carboxylic acids is 1. The molecule has 0 saturated heterocycles. The smallest absolute Gasteiger partial charge is 0.339 e. The Balaban J connectivity index is 0.000000262. The average Bonchev–Trinajstić information content (AvgIpc) is 3.03. The number of nitrogens with zero attached hydrogens (tertiary/aromatic N) is 2. The van der Waals surface area contributed by atoms with E-state index in [0.29, 0.717) is 10.9 Å². The Morgan fingerprint density at radius 3 is 2.32 bits per heavy atom. The van der Waals surface area contributed by atoms with E-state index in [-0.39, 0.29) is 11.3 Å². The molecule has 44 heavy (non-hydrogen) atoms. The summed E-state index contributed by atoms with van der Waals surface area (Å²) in [5.74, 6) is -0.0297. The van der Waals surface area contributed by atoms with Crippen LogP contribution < -0.4 is 10.1 Å². The highest BCUT2D eigenvalue weighted by molar-refractivity contribution is 6.31. The molecule has 5 rings (SSSR count). The molecule has 0 aliphatic rings. The van der Waals surface area contributed by atoms with E-state index in [1.807, 2.05) is 36.5 Å². The number of anilines is 1. The van der Waals surface area contributed by atoms with Crippen LogP contribution in [-0.2, 0) is 0 Å². The van der Waals surface area contributed by atoms with Gasteiger partial charge in [0.1, 0.15) is 17.1 Å². The minimum atomic E-state index is -1.12. The molecule has 0 aliphatic heterocycles. The predicted octanol–water partition coefficient (Wildman–Crippen LogP) is 8.38. The highest BCUT2D eigenvalue weighted by atomic mass is 35.5. The molecule has 1 heterocycles. The van der Waals surface area contributed by atoms with Crippen molar-refractivity contribution in [1.82, 2.24) is 9.88 Å². The summed E-state index contributed by atoms with van der Waals surface area (Å²) in [6.45, 7) is 10.6. The van der Waals surface area contributed by atoms with Crippen LogP contribution in [0.5, 0.6) is 11.5 Å². The van der Waals surface area contributed by atoms with Crippen LogP contribution >= 0.6 is 11.6 Å². The quantitative estimate of drug-likeness (QED) is 0.138. The fraction of sp³-hybridized carbons (Fsp3) is 0.278. The number of methoxy groups -OCH3 is 1. The summed E-state index contributed by atoms with van der Waals surface area (Å²) in [6.07, 6.45) is 3.01. The van der Waals surface area contributed by atoms with E-state index in [9.17, 15) is 9.90 Å². The number of fused-ring (bicyclic) bond motifs is 2. The Hall–Kier alpha value is -4.33. The van der Waals surface area contributed by atoms with Crippen LogP contribution in [0.15, 0.2) is 85.1 Å². The zero-order valence-electron chi connectivity index (χ0n) is 25.7. The molecule has 0 bridgehead atoms. The lowest BCUT2D eigenvalue weighted by Gasteiger charge is -2.24. The van der Waals surface area contributed by atoms with Crippen molar-refractivity contribution in [2.75, 3.05) is 38.6 Å². The molecule has 230 valence electrons. The normalized spacial score (nSPS) is 11.7. The minimum absolute atomic E-state index is 0.0660. The third-order valence-corrected chi connectivity index (χ3v) is 8.15. The van der Waals surface area contributed by atoms with Crippen molar-refractivity contribution in [3.8, 4) is 11.5 Å². The van der Waals surface area contributed by atoms with Gasteiger partial charge in [-0.25, -0.2) is 4.79 Å². The first kappa shape index (κ1) is 32.6. The molecule has 7 nitrogen and oxygen atoms in total. The Morgan fingerprint density at radius 2 is 1.68 bits per heavy atom. The van der Waals surface area contributed by atoms with E-state index < -0.39 is 5.97 Å². The minimum Gasteiger partial charge on any atom is -0.507 e. The number of hydrogen-bond acceptors (Lipinski definition) is 6. The number of carboxylic acid groups (broad SMARTS) is 1. The molecule has 5 aromatic rings. The molecule has 0 aliphatic carbocycles. The van der Waals surface area contributed by atoms with Crippen LogP contribution in [0, 0.1) is 6.92 Å². The third-order valence-electron chi connectivity index (χ3n) is 7.92. The molecular formula is C36H40ClN3O4. The number of aromatic hydroxyl groups is 1. The van der Waals surface area contributed by atoms with Gasteiger partial charge < -0.3 is 25.2 Å². The summed E-state index contributed by atoms with van der Waals surface area (Å²) in [5, 5.41) is 25.3. The third kappa shape index (κ3) is 8.18. The summed E-state index contributed by atoms with van der Waals surface area (Å²) in [6, 6.07) is 24.6. The molecule has 0 saturated carbocycles. The summed E-state index contributed by atoms with van der Waals surface area (Å²) in [5.41, 5.74) is 4.46. The van der Waals surface area contributed by atoms with Gasteiger partial charge in [0.15, 0.2) is 0 Å². The number of halogens is 1. The largest absolute Gasteiger partial charge is 0.507 e. The number of nitrogens with one attached hydrogen (secondary N) is 1. The second-order valence-corrected chi connectivity index (χ2v) is 11.1. The Labute approximate surface area is 264 Å².